The van der Waals surface area contributed by atoms with Crippen molar-refractivity contribution in [3.8, 4) is 0 Å². The maximum Gasteiger partial charge on any atom is 0.211 e. The van der Waals surface area contributed by atoms with E-state index < -0.39 is 10.0 Å². The Bertz CT molecular complexity index is 306. The van der Waals surface area contributed by atoms with E-state index in [1.807, 2.05) is 0 Å². The van der Waals surface area contributed by atoms with Crippen LogP contribution in [0, 0.1) is 0 Å². The smallest absolute Gasteiger partial charge is 0.211 e. The highest BCUT2D eigenvalue weighted by Crippen LogP contribution is 2.16. The Hall–Kier alpha value is -0.170. The van der Waals surface area contributed by atoms with Gasteiger partial charge in [0.2, 0.25) is 10.0 Å². The number of aliphatic hydroxyl groups is 1. The molecule has 0 aromatic heterocycles. The lowest BCUT2D eigenvalue weighted by Crippen LogP contribution is -2.43. The number of rotatable bonds is 7. The van der Waals surface area contributed by atoms with E-state index in [2.05, 4.69) is 9.62 Å². The number of hydrogen-bond acceptors (Lipinski definition) is 4. The lowest BCUT2D eigenvalue weighted by molar-refractivity contribution is 0.0896. The third kappa shape index (κ3) is 5.33. The Morgan fingerprint density at radius 2 is 2.18 bits per heavy atom. The van der Waals surface area contributed by atoms with Gasteiger partial charge in [0.05, 0.1) is 12.4 Å². The van der Waals surface area contributed by atoms with Crippen molar-refractivity contribution in [3.05, 3.63) is 0 Å². The van der Waals surface area contributed by atoms with E-state index in [4.69, 9.17) is 0 Å². The Labute approximate surface area is 104 Å². The minimum absolute atomic E-state index is 0.135. The van der Waals surface area contributed by atoms with Crippen LogP contribution in [0.5, 0.6) is 0 Å². The molecule has 5 nitrogen and oxygen atoms in total. The van der Waals surface area contributed by atoms with Crippen LogP contribution in [0.2, 0.25) is 0 Å². The molecule has 102 valence electrons. The number of nitrogens with one attached hydrogen (secondary N) is 1. The van der Waals surface area contributed by atoms with Gasteiger partial charge in [-0.25, -0.2) is 13.1 Å². The number of nitrogens with zero attached hydrogens (tertiary/aromatic N) is 1. The number of aliphatic hydroxyl groups excluding tert-OH is 1. The first-order valence-electron chi connectivity index (χ1n) is 6.41. The largest absolute Gasteiger partial charge is 0.395 e. The van der Waals surface area contributed by atoms with Gasteiger partial charge in [-0.05, 0) is 39.3 Å². The van der Waals surface area contributed by atoms with Crippen molar-refractivity contribution in [1.82, 2.24) is 9.62 Å². The van der Waals surface area contributed by atoms with Crippen LogP contribution in [-0.2, 0) is 10.0 Å². The topological polar surface area (TPSA) is 69.6 Å². The molecule has 1 fully saturated rings. The zero-order chi connectivity index (χ0) is 12.7. The van der Waals surface area contributed by atoms with Gasteiger partial charge in [-0.15, -0.1) is 0 Å². The number of piperidine rings is 1. The molecule has 1 aliphatic heterocycles. The molecule has 1 heterocycles. The van der Waals surface area contributed by atoms with Crippen LogP contribution in [0.3, 0.4) is 0 Å². The van der Waals surface area contributed by atoms with Gasteiger partial charge in [-0.3, -0.25) is 4.90 Å². The van der Waals surface area contributed by atoms with Crippen molar-refractivity contribution in [2.24, 2.45) is 0 Å². The molecule has 0 aromatic carbocycles. The highest BCUT2D eigenvalue weighted by atomic mass is 32.2. The maximum absolute atomic E-state index is 11.2. The molecule has 1 aliphatic rings. The lowest BCUT2D eigenvalue weighted by atomic mass is 10.0. The monoisotopic (exact) mass is 264 g/mol. The Balaban J connectivity index is 2.21. The third-order valence-corrected chi connectivity index (χ3v) is 4.69. The van der Waals surface area contributed by atoms with Crippen molar-refractivity contribution >= 4 is 10.0 Å². The van der Waals surface area contributed by atoms with Gasteiger partial charge in [0.15, 0.2) is 0 Å². The van der Waals surface area contributed by atoms with Gasteiger partial charge < -0.3 is 5.11 Å². The maximum atomic E-state index is 11.2. The molecule has 0 bridgehead atoms. The summed E-state index contributed by atoms with van der Waals surface area (Å²) in [4.78, 5) is 2.27. The van der Waals surface area contributed by atoms with Gasteiger partial charge in [0.25, 0.3) is 0 Å². The fourth-order valence-corrected chi connectivity index (χ4v) is 2.83. The molecule has 0 aliphatic carbocycles. The zero-order valence-electron chi connectivity index (χ0n) is 10.6. The summed E-state index contributed by atoms with van der Waals surface area (Å²) >= 11 is 0. The average Bonchev–Trinajstić information content (AvgIpc) is 2.35. The van der Waals surface area contributed by atoms with Crippen molar-refractivity contribution in [2.75, 3.05) is 32.0 Å². The number of hydrogen-bond donors (Lipinski definition) is 2. The molecule has 0 aromatic rings. The van der Waals surface area contributed by atoms with Crippen LogP contribution >= 0.6 is 0 Å². The van der Waals surface area contributed by atoms with Crippen LogP contribution in [0.25, 0.3) is 0 Å². The summed E-state index contributed by atoms with van der Waals surface area (Å²) in [6.07, 6.45) is 4.22. The van der Waals surface area contributed by atoms with Crippen molar-refractivity contribution in [3.63, 3.8) is 0 Å². The molecular formula is C11H24N2O3S. The van der Waals surface area contributed by atoms with Gasteiger partial charge in [-0.2, -0.15) is 0 Å². The molecule has 2 N–H and O–H groups in total. The molecule has 1 rings (SSSR count). The van der Waals surface area contributed by atoms with Gasteiger partial charge in [0.1, 0.15) is 0 Å². The highest BCUT2D eigenvalue weighted by molar-refractivity contribution is 7.89. The van der Waals surface area contributed by atoms with Crippen LogP contribution in [0.1, 0.15) is 32.6 Å². The summed E-state index contributed by atoms with van der Waals surface area (Å²) in [5.41, 5.74) is 0. The van der Waals surface area contributed by atoms with Gasteiger partial charge in [0, 0.05) is 12.6 Å². The quantitative estimate of drug-likeness (QED) is 0.643. The first kappa shape index (κ1) is 14.9. The molecule has 0 saturated carbocycles. The van der Waals surface area contributed by atoms with E-state index in [1.54, 1.807) is 6.92 Å². The molecular weight excluding hydrogens is 240 g/mol. The summed E-state index contributed by atoms with van der Waals surface area (Å²) in [6, 6.07) is 0.270. The standard InChI is InChI=1S/C11H24N2O3S/c1-2-17(15,16)12-7-5-9-13-8-4-3-6-11(13)10-14/h11-12,14H,2-10H2,1H3/t11-/m1/s1. The predicted molar refractivity (Wildman–Crippen MR) is 68.4 cm³/mol. The minimum Gasteiger partial charge on any atom is -0.395 e. The van der Waals surface area contributed by atoms with Crippen LogP contribution in [-0.4, -0.2) is 56.5 Å². The molecule has 1 atom stereocenters. The van der Waals surface area contributed by atoms with E-state index in [0.29, 0.717) is 6.54 Å². The second-order valence-electron chi connectivity index (χ2n) is 4.52. The highest BCUT2D eigenvalue weighted by Gasteiger charge is 2.20. The van der Waals surface area contributed by atoms with Crippen molar-refractivity contribution < 1.29 is 13.5 Å². The SMILES string of the molecule is CCS(=O)(=O)NCCCN1CCCC[C@@H]1CO. The van der Waals surface area contributed by atoms with E-state index >= 15 is 0 Å². The molecule has 0 amide bonds. The summed E-state index contributed by atoms with van der Waals surface area (Å²) in [6.45, 7) is 4.21. The van der Waals surface area contributed by atoms with Crippen molar-refractivity contribution in [2.45, 2.75) is 38.6 Å². The summed E-state index contributed by atoms with van der Waals surface area (Å²) in [5, 5.41) is 9.23. The summed E-state index contributed by atoms with van der Waals surface area (Å²) in [5.74, 6) is 0.135. The fourth-order valence-electron chi connectivity index (χ4n) is 2.17. The van der Waals surface area contributed by atoms with Crippen LogP contribution < -0.4 is 4.72 Å². The van der Waals surface area contributed by atoms with E-state index in [9.17, 15) is 13.5 Å². The van der Waals surface area contributed by atoms with Crippen LogP contribution in [0.4, 0.5) is 0 Å². The second kappa shape index (κ2) is 7.31. The molecule has 0 spiro atoms. The lowest BCUT2D eigenvalue weighted by Gasteiger charge is -2.34. The van der Waals surface area contributed by atoms with Gasteiger partial charge in [-0.1, -0.05) is 6.42 Å². The minimum atomic E-state index is -3.06. The van der Waals surface area contributed by atoms with Crippen LogP contribution in [0.15, 0.2) is 0 Å². The average molecular weight is 264 g/mol. The molecule has 0 unspecified atom stereocenters. The number of likely N-dealkylation sites (tertiary alicyclic amines) is 1. The normalized spacial score (nSPS) is 22.8. The molecule has 0 radical (unpaired) electrons. The Kier molecular flexibility index (Phi) is 6.40. The third-order valence-electron chi connectivity index (χ3n) is 3.28. The van der Waals surface area contributed by atoms with Gasteiger partial charge >= 0.3 is 0 Å². The first-order valence-corrected chi connectivity index (χ1v) is 8.06. The van der Waals surface area contributed by atoms with Crippen molar-refractivity contribution in [1.29, 1.82) is 0 Å². The zero-order valence-corrected chi connectivity index (χ0v) is 11.4. The predicted octanol–water partition coefficient (Wildman–Crippen LogP) is 0.163. The summed E-state index contributed by atoms with van der Waals surface area (Å²) < 4.78 is 25.0. The summed E-state index contributed by atoms with van der Waals surface area (Å²) in [7, 11) is -3.06. The molecule has 17 heavy (non-hydrogen) atoms. The molecule has 6 heteroatoms. The number of sulfonamides is 1. The van der Waals surface area contributed by atoms with E-state index in [0.717, 1.165) is 25.9 Å². The Morgan fingerprint density at radius 1 is 1.41 bits per heavy atom. The first-order chi connectivity index (χ1) is 8.09. The second-order valence-corrected chi connectivity index (χ2v) is 6.61. The Morgan fingerprint density at radius 3 is 2.82 bits per heavy atom. The van der Waals surface area contributed by atoms with E-state index in [1.165, 1.54) is 12.8 Å². The fraction of sp³-hybridized carbons (Fsp3) is 1.00. The van der Waals surface area contributed by atoms with E-state index in [-0.39, 0.29) is 18.4 Å². The molecule has 1 saturated heterocycles.